The summed E-state index contributed by atoms with van der Waals surface area (Å²) in [5.41, 5.74) is 0.478. The van der Waals surface area contributed by atoms with E-state index in [1.54, 1.807) is 12.1 Å². The summed E-state index contributed by atoms with van der Waals surface area (Å²) in [5, 5.41) is 9.61. The van der Waals surface area contributed by atoms with E-state index in [2.05, 4.69) is 18.8 Å². The molecule has 0 bridgehead atoms. The normalized spacial score (nSPS) is 28.1. The zero-order chi connectivity index (χ0) is 13.1. The fourth-order valence-electron chi connectivity index (χ4n) is 2.78. The van der Waals surface area contributed by atoms with Crippen LogP contribution in [-0.4, -0.2) is 16.2 Å². The molecule has 4 heteroatoms. The minimum absolute atomic E-state index is 0.159. The Hall–Kier alpha value is -0.800. The number of rotatable bonds is 3. The van der Waals surface area contributed by atoms with Crippen molar-refractivity contribution in [1.29, 1.82) is 0 Å². The first-order chi connectivity index (χ1) is 8.58. The molecule has 1 saturated carbocycles. The van der Waals surface area contributed by atoms with Gasteiger partial charge in [-0.05, 0) is 37.2 Å². The van der Waals surface area contributed by atoms with Gasteiger partial charge in [0.25, 0.3) is 0 Å². The molecule has 0 aromatic carbocycles. The standard InChI is InChI=1S/C14H20ClNO2/c1-9-5-10(2)7-11(6-9)18-14-4-3-12(15)13(8-17)16-14/h3-4,9-11,17H,5-8H2,1-2H3. The van der Waals surface area contributed by atoms with Crippen molar-refractivity contribution in [3.05, 3.63) is 22.8 Å². The molecule has 2 rings (SSSR count). The fourth-order valence-corrected chi connectivity index (χ4v) is 2.95. The second-order valence-electron chi connectivity index (χ2n) is 5.39. The van der Waals surface area contributed by atoms with Gasteiger partial charge in [-0.3, -0.25) is 0 Å². The third kappa shape index (κ3) is 3.36. The van der Waals surface area contributed by atoms with Crippen molar-refractivity contribution in [2.75, 3.05) is 0 Å². The van der Waals surface area contributed by atoms with Gasteiger partial charge in [0.1, 0.15) is 6.10 Å². The molecule has 100 valence electrons. The molecule has 1 aliphatic rings. The molecule has 0 aliphatic heterocycles. The quantitative estimate of drug-likeness (QED) is 0.914. The van der Waals surface area contributed by atoms with E-state index in [9.17, 15) is 0 Å². The molecule has 1 N–H and O–H groups in total. The third-order valence-corrected chi connectivity index (χ3v) is 3.81. The Morgan fingerprint density at radius 3 is 2.56 bits per heavy atom. The smallest absolute Gasteiger partial charge is 0.213 e. The van der Waals surface area contributed by atoms with Gasteiger partial charge in [-0.1, -0.05) is 25.4 Å². The minimum Gasteiger partial charge on any atom is -0.474 e. The summed E-state index contributed by atoms with van der Waals surface area (Å²) in [6, 6.07) is 3.50. The number of ether oxygens (including phenoxy) is 1. The molecule has 1 fully saturated rings. The molecule has 3 nitrogen and oxygen atoms in total. The van der Waals surface area contributed by atoms with E-state index in [-0.39, 0.29) is 12.7 Å². The number of nitrogens with zero attached hydrogens (tertiary/aromatic N) is 1. The molecular weight excluding hydrogens is 250 g/mol. The van der Waals surface area contributed by atoms with E-state index in [0.717, 1.165) is 12.8 Å². The van der Waals surface area contributed by atoms with Crippen molar-refractivity contribution >= 4 is 11.6 Å². The minimum atomic E-state index is -0.159. The average molecular weight is 270 g/mol. The predicted octanol–water partition coefficient (Wildman–Crippen LogP) is 3.43. The topological polar surface area (TPSA) is 42.4 Å². The van der Waals surface area contributed by atoms with Crippen LogP contribution in [-0.2, 0) is 6.61 Å². The van der Waals surface area contributed by atoms with Crippen molar-refractivity contribution in [1.82, 2.24) is 4.98 Å². The van der Waals surface area contributed by atoms with Crippen LogP contribution >= 0.6 is 11.6 Å². The highest BCUT2D eigenvalue weighted by Crippen LogP contribution is 2.31. The van der Waals surface area contributed by atoms with Crippen molar-refractivity contribution in [2.45, 2.75) is 45.8 Å². The first-order valence-corrected chi connectivity index (χ1v) is 6.89. The van der Waals surface area contributed by atoms with Crippen LogP contribution < -0.4 is 4.74 Å². The van der Waals surface area contributed by atoms with Gasteiger partial charge in [-0.25, -0.2) is 4.98 Å². The Morgan fingerprint density at radius 2 is 1.94 bits per heavy atom. The lowest BCUT2D eigenvalue weighted by Crippen LogP contribution is -2.28. The van der Waals surface area contributed by atoms with E-state index in [0.29, 0.717) is 28.4 Å². The summed E-state index contributed by atoms with van der Waals surface area (Å²) in [7, 11) is 0. The zero-order valence-electron chi connectivity index (χ0n) is 10.9. The van der Waals surface area contributed by atoms with Gasteiger partial charge >= 0.3 is 0 Å². The van der Waals surface area contributed by atoms with Crippen molar-refractivity contribution < 1.29 is 9.84 Å². The van der Waals surface area contributed by atoms with E-state index in [4.69, 9.17) is 21.4 Å². The lowest BCUT2D eigenvalue weighted by atomic mass is 9.82. The highest BCUT2D eigenvalue weighted by Gasteiger charge is 2.25. The van der Waals surface area contributed by atoms with Crippen molar-refractivity contribution in [3.8, 4) is 5.88 Å². The van der Waals surface area contributed by atoms with Gasteiger partial charge in [0.05, 0.1) is 17.3 Å². The Bertz CT molecular complexity index is 401. The average Bonchev–Trinajstić information content (AvgIpc) is 2.30. The molecule has 2 unspecified atom stereocenters. The van der Waals surface area contributed by atoms with Crippen LogP contribution in [0.1, 0.15) is 38.8 Å². The van der Waals surface area contributed by atoms with E-state index in [1.165, 1.54) is 6.42 Å². The van der Waals surface area contributed by atoms with Gasteiger partial charge in [-0.2, -0.15) is 0 Å². The lowest BCUT2D eigenvalue weighted by Gasteiger charge is -2.31. The van der Waals surface area contributed by atoms with Crippen LogP contribution in [0.15, 0.2) is 12.1 Å². The molecule has 1 aromatic rings. The number of hydrogen-bond donors (Lipinski definition) is 1. The SMILES string of the molecule is CC1CC(C)CC(Oc2ccc(Cl)c(CO)n2)C1. The summed E-state index contributed by atoms with van der Waals surface area (Å²) in [6.45, 7) is 4.37. The van der Waals surface area contributed by atoms with Crippen LogP contribution in [0.5, 0.6) is 5.88 Å². The number of hydrogen-bond acceptors (Lipinski definition) is 3. The Balaban J connectivity index is 2.04. The maximum Gasteiger partial charge on any atom is 0.213 e. The maximum atomic E-state index is 9.13. The molecule has 1 heterocycles. The molecule has 0 saturated heterocycles. The largest absolute Gasteiger partial charge is 0.474 e. The van der Waals surface area contributed by atoms with E-state index >= 15 is 0 Å². The highest BCUT2D eigenvalue weighted by molar-refractivity contribution is 6.31. The molecule has 0 radical (unpaired) electrons. The van der Waals surface area contributed by atoms with Crippen molar-refractivity contribution in [3.63, 3.8) is 0 Å². The van der Waals surface area contributed by atoms with E-state index in [1.807, 2.05) is 0 Å². The van der Waals surface area contributed by atoms with Gasteiger partial charge in [0, 0.05) is 6.07 Å². The Kier molecular flexibility index (Phi) is 4.46. The number of aliphatic hydroxyl groups is 1. The molecule has 0 spiro atoms. The monoisotopic (exact) mass is 269 g/mol. The summed E-state index contributed by atoms with van der Waals surface area (Å²) < 4.78 is 5.91. The summed E-state index contributed by atoms with van der Waals surface area (Å²) in [5.74, 6) is 1.96. The number of pyridine rings is 1. The van der Waals surface area contributed by atoms with Crippen LogP contribution in [0, 0.1) is 11.8 Å². The second-order valence-corrected chi connectivity index (χ2v) is 5.80. The van der Waals surface area contributed by atoms with Gasteiger partial charge in [0.2, 0.25) is 5.88 Å². The Labute approximate surface area is 113 Å². The summed E-state index contributed by atoms with van der Waals surface area (Å²) in [4.78, 5) is 4.23. The number of aliphatic hydroxyl groups excluding tert-OH is 1. The summed E-state index contributed by atoms with van der Waals surface area (Å²) in [6.07, 6.45) is 3.64. The first-order valence-electron chi connectivity index (χ1n) is 6.51. The van der Waals surface area contributed by atoms with Gasteiger partial charge in [0.15, 0.2) is 0 Å². The van der Waals surface area contributed by atoms with Crippen LogP contribution in [0.3, 0.4) is 0 Å². The molecule has 1 aromatic heterocycles. The molecule has 1 aliphatic carbocycles. The van der Waals surface area contributed by atoms with E-state index < -0.39 is 0 Å². The first kappa shape index (κ1) is 13.6. The molecular formula is C14H20ClNO2. The fraction of sp³-hybridized carbons (Fsp3) is 0.643. The van der Waals surface area contributed by atoms with Crippen molar-refractivity contribution in [2.24, 2.45) is 11.8 Å². The zero-order valence-corrected chi connectivity index (χ0v) is 11.7. The number of halogens is 1. The third-order valence-electron chi connectivity index (χ3n) is 3.47. The second kappa shape index (κ2) is 5.89. The molecule has 2 atom stereocenters. The summed E-state index contributed by atoms with van der Waals surface area (Å²) >= 11 is 5.91. The van der Waals surface area contributed by atoms with Gasteiger partial charge < -0.3 is 9.84 Å². The van der Waals surface area contributed by atoms with Gasteiger partial charge in [-0.15, -0.1) is 0 Å². The number of aromatic nitrogens is 1. The molecule has 18 heavy (non-hydrogen) atoms. The predicted molar refractivity (Wildman–Crippen MR) is 71.8 cm³/mol. The highest BCUT2D eigenvalue weighted by atomic mass is 35.5. The van der Waals surface area contributed by atoms with Crippen LogP contribution in [0.2, 0.25) is 5.02 Å². The van der Waals surface area contributed by atoms with Crippen LogP contribution in [0.4, 0.5) is 0 Å². The lowest BCUT2D eigenvalue weighted by molar-refractivity contribution is 0.0961. The molecule has 0 amide bonds. The maximum absolute atomic E-state index is 9.13. The Morgan fingerprint density at radius 1 is 1.28 bits per heavy atom. The van der Waals surface area contributed by atoms with Crippen LogP contribution in [0.25, 0.3) is 0 Å².